The van der Waals surface area contributed by atoms with Crippen molar-refractivity contribution in [3.05, 3.63) is 21.3 Å². The van der Waals surface area contributed by atoms with Crippen LogP contribution >= 0.6 is 22.9 Å². The fourth-order valence-electron chi connectivity index (χ4n) is 1.60. The Hall–Kier alpha value is -0.0900. The van der Waals surface area contributed by atoms with Crippen LogP contribution in [0.3, 0.4) is 0 Å². The molecule has 72 valence electrons. The maximum Gasteiger partial charge on any atom is 0.127 e. The SMILES string of the molecule is CC1OCCC1(O)c1ccc(Cl)s1. The zero-order valence-corrected chi connectivity index (χ0v) is 8.86. The Balaban J connectivity index is 2.33. The van der Waals surface area contributed by atoms with Gasteiger partial charge in [0.25, 0.3) is 0 Å². The molecule has 2 atom stereocenters. The van der Waals surface area contributed by atoms with E-state index in [1.54, 1.807) is 0 Å². The maximum atomic E-state index is 10.3. The van der Waals surface area contributed by atoms with E-state index in [4.69, 9.17) is 16.3 Å². The minimum Gasteiger partial charge on any atom is -0.382 e. The van der Waals surface area contributed by atoms with Gasteiger partial charge in [-0.15, -0.1) is 11.3 Å². The van der Waals surface area contributed by atoms with Crippen molar-refractivity contribution in [2.24, 2.45) is 0 Å². The molecular formula is C9H11ClO2S. The molecule has 1 fully saturated rings. The second-order valence-electron chi connectivity index (χ2n) is 3.29. The van der Waals surface area contributed by atoms with Gasteiger partial charge in [0.1, 0.15) is 5.60 Å². The van der Waals surface area contributed by atoms with Gasteiger partial charge in [-0.1, -0.05) is 11.6 Å². The summed E-state index contributed by atoms with van der Waals surface area (Å²) in [5.74, 6) is 0. The Morgan fingerprint density at radius 1 is 1.69 bits per heavy atom. The van der Waals surface area contributed by atoms with Crippen molar-refractivity contribution in [3.8, 4) is 0 Å². The number of halogens is 1. The summed E-state index contributed by atoms with van der Waals surface area (Å²) in [5, 5.41) is 10.3. The van der Waals surface area contributed by atoms with Crippen molar-refractivity contribution in [2.75, 3.05) is 6.61 Å². The molecule has 0 spiro atoms. The van der Waals surface area contributed by atoms with Crippen LogP contribution in [-0.4, -0.2) is 17.8 Å². The zero-order chi connectivity index (χ0) is 9.47. The minimum atomic E-state index is -0.822. The molecule has 2 nitrogen and oxygen atoms in total. The van der Waals surface area contributed by atoms with Crippen LogP contribution in [0, 0.1) is 0 Å². The average Bonchev–Trinajstić information content (AvgIpc) is 2.62. The topological polar surface area (TPSA) is 29.5 Å². The van der Waals surface area contributed by atoms with Crippen molar-refractivity contribution in [1.82, 2.24) is 0 Å². The Morgan fingerprint density at radius 2 is 2.46 bits per heavy atom. The molecule has 1 saturated heterocycles. The van der Waals surface area contributed by atoms with Gasteiger partial charge >= 0.3 is 0 Å². The first-order chi connectivity index (χ1) is 6.13. The summed E-state index contributed by atoms with van der Waals surface area (Å²) >= 11 is 7.24. The summed E-state index contributed by atoms with van der Waals surface area (Å²) in [6.45, 7) is 2.51. The van der Waals surface area contributed by atoms with Crippen molar-refractivity contribution >= 4 is 22.9 Å². The highest BCUT2D eigenvalue weighted by Crippen LogP contribution is 2.40. The molecule has 0 radical (unpaired) electrons. The quantitative estimate of drug-likeness (QED) is 0.785. The van der Waals surface area contributed by atoms with Gasteiger partial charge in [-0.2, -0.15) is 0 Å². The molecule has 1 aromatic heterocycles. The second kappa shape index (κ2) is 3.24. The van der Waals surface area contributed by atoms with Crippen LogP contribution in [-0.2, 0) is 10.3 Å². The van der Waals surface area contributed by atoms with Gasteiger partial charge in [0, 0.05) is 11.3 Å². The van der Waals surface area contributed by atoms with E-state index in [-0.39, 0.29) is 6.10 Å². The monoisotopic (exact) mass is 218 g/mol. The van der Waals surface area contributed by atoms with Crippen LogP contribution in [0.2, 0.25) is 4.34 Å². The standard InChI is InChI=1S/C9H11ClO2S/c1-6-9(11,4-5-12-6)7-2-3-8(10)13-7/h2-3,6,11H,4-5H2,1H3. The first kappa shape index (κ1) is 9.46. The number of ether oxygens (including phenoxy) is 1. The number of rotatable bonds is 1. The maximum absolute atomic E-state index is 10.3. The summed E-state index contributed by atoms with van der Waals surface area (Å²) in [7, 11) is 0. The van der Waals surface area contributed by atoms with Gasteiger partial charge in [0.15, 0.2) is 0 Å². The van der Waals surface area contributed by atoms with Crippen LogP contribution in [0.4, 0.5) is 0 Å². The third kappa shape index (κ3) is 1.50. The van der Waals surface area contributed by atoms with Gasteiger partial charge in [0.05, 0.1) is 17.0 Å². The predicted octanol–water partition coefficient (Wildman–Crippen LogP) is 2.40. The van der Waals surface area contributed by atoms with Crippen molar-refractivity contribution in [3.63, 3.8) is 0 Å². The highest BCUT2D eigenvalue weighted by molar-refractivity contribution is 7.16. The highest BCUT2D eigenvalue weighted by atomic mass is 35.5. The molecular weight excluding hydrogens is 208 g/mol. The minimum absolute atomic E-state index is 0.137. The number of hydrogen-bond donors (Lipinski definition) is 1. The fraction of sp³-hybridized carbons (Fsp3) is 0.556. The first-order valence-electron chi connectivity index (χ1n) is 4.23. The molecule has 2 heterocycles. The van der Waals surface area contributed by atoms with Crippen LogP contribution in [0.15, 0.2) is 12.1 Å². The van der Waals surface area contributed by atoms with E-state index in [1.165, 1.54) is 11.3 Å². The normalized spacial score (nSPS) is 33.9. The van der Waals surface area contributed by atoms with Crippen molar-refractivity contribution < 1.29 is 9.84 Å². The summed E-state index contributed by atoms with van der Waals surface area (Å²) in [6, 6.07) is 3.68. The summed E-state index contributed by atoms with van der Waals surface area (Å²) in [5.41, 5.74) is -0.822. The van der Waals surface area contributed by atoms with Crippen LogP contribution in [0.5, 0.6) is 0 Å². The molecule has 0 amide bonds. The summed E-state index contributed by atoms with van der Waals surface area (Å²) < 4.78 is 6.06. The molecule has 0 bridgehead atoms. The lowest BCUT2D eigenvalue weighted by Gasteiger charge is -2.24. The van der Waals surface area contributed by atoms with Gasteiger partial charge in [-0.25, -0.2) is 0 Å². The Labute approximate surface area is 86.1 Å². The van der Waals surface area contributed by atoms with E-state index in [9.17, 15) is 5.11 Å². The zero-order valence-electron chi connectivity index (χ0n) is 7.29. The molecule has 2 unspecified atom stereocenters. The van der Waals surface area contributed by atoms with Crippen LogP contribution in [0.25, 0.3) is 0 Å². The van der Waals surface area contributed by atoms with E-state index in [1.807, 2.05) is 19.1 Å². The average molecular weight is 219 g/mol. The van der Waals surface area contributed by atoms with Crippen LogP contribution in [0.1, 0.15) is 18.2 Å². The predicted molar refractivity (Wildman–Crippen MR) is 53.3 cm³/mol. The Bertz CT molecular complexity index is 312. The third-order valence-corrected chi connectivity index (χ3v) is 3.92. The van der Waals surface area contributed by atoms with Gasteiger partial charge in [-0.05, 0) is 19.1 Å². The van der Waals surface area contributed by atoms with Crippen LogP contribution < -0.4 is 0 Å². The largest absolute Gasteiger partial charge is 0.382 e. The van der Waals surface area contributed by atoms with Gasteiger partial charge in [0.2, 0.25) is 0 Å². The Morgan fingerprint density at radius 3 is 2.92 bits per heavy atom. The first-order valence-corrected chi connectivity index (χ1v) is 5.42. The van der Waals surface area contributed by atoms with Gasteiger partial charge < -0.3 is 9.84 Å². The molecule has 0 aromatic carbocycles. The number of hydrogen-bond acceptors (Lipinski definition) is 3. The lowest BCUT2D eigenvalue weighted by molar-refractivity contribution is -0.0290. The molecule has 13 heavy (non-hydrogen) atoms. The molecule has 1 aromatic rings. The molecule has 1 N–H and O–H groups in total. The lowest BCUT2D eigenvalue weighted by Crippen LogP contribution is -2.31. The number of aliphatic hydroxyl groups is 1. The van der Waals surface area contributed by atoms with Gasteiger partial charge in [-0.3, -0.25) is 0 Å². The molecule has 1 aliphatic heterocycles. The molecule has 4 heteroatoms. The van der Waals surface area contributed by atoms with E-state index >= 15 is 0 Å². The summed E-state index contributed by atoms with van der Waals surface area (Å²) in [6.07, 6.45) is 0.521. The third-order valence-electron chi connectivity index (χ3n) is 2.52. The summed E-state index contributed by atoms with van der Waals surface area (Å²) in [4.78, 5) is 0.905. The lowest BCUT2D eigenvalue weighted by atomic mass is 9.95. The molecule has 0 saturated carbocycles. The van der Waals surface area contributed by atoms with Crippen molar-refractivity contribution in [1.29, 1.82) is 0 Å². The second-order valence-corrected chi connectivity index (χ2v) is 5.01. The van der Waals surface area contributed by atoms with E-state index in [2.05, 4.69) is 0 Å². The molecule has 2 rings (SSSR count). The fourth-order valence-corrected chi connectivity index (χ4v) is 2.84. The molecule has 0 aliphatic carbocycles. The number of thiophene rings is 1. The molecule has 1 aliphatic rings. The smallest absolute Gasteiger partial charge is 0.127 e. The van der Waals surface area contributed by atoms with E-state index in [0.717, 1.165) is 4.88 Å². The highest BCUT2D eigenvalue weighted by Gasteiger charge is 2.42. The van der Waals surface area contributed by atoms with Crippen molar-refractivity contribution in [2.45, 2.75) is 25.0 Å². The van der Waals surface area contributed by atoms with E-state index in [0.29, 0.717) is 17.4 Å². The van der Waals surface area contributed by atoms with E-state index < -0.39 is 5.60 Å². The Kier molecular flexibility index (Phi) is 2.36.